The van der Waals surface area contributed by atoms with E-state index in [4.69, 9.17) is 11.6 Å². The summed E-state index contributed by atoms with van der Waals surface area (Å²) < 4.78 is 0. The van der Waals surface area contributed by atoms with Crippen molar-refractivity contribution in [3.05, 3.63) is 48.0 Å². The van der Waals surface area contributed by atoms with Crippen molar-refractivity contribution in [2.45, 2.75) is 31.6 Å². The average Bonchev–Trinajstić information content (AvgIpc) is 2.25. The highest BCUT2D eigenvalue weighted by molar-refractivity contribution is 6.21. The van der Waals surface area contributed by atoms with Crippen molar-refractivity contribution in [2.75, 3.05) is 0 Å². The van der Waals surface area contributed by atoms with Crippen LogP contribution in [0.3, 0.4) is 0 Å². The summed E-state index contributed by atoms with van der Waals surface area (Å²) in [5.41, 5.74) is 2.27. The molecule has 0 spiro atoms. The third-order valence-electron chi connectivity index (χ3n) is 2.18. The number of alkyl halides is 1. The number of rotatable bonds is 5. The highest BCUT2D eigenvalue weighted by atomic mass is 35.5. The van der Waals surface area contributed by atoms with Gasteiger partial charge in [-0.15, -0.1) is 18.2 Å². The smallest absolute Gasteiger partial charge is 0.0769 e. The van der Waals surface area contributed by atoms with Crippen LogP contribution in [0.15, 0.2) is 30.9 Å². The van der Waals surface area contributed by atoms with E-state index < -0.39 is 0 Å². The Balaban J connectivity index is 2.73. The molecule has 14 heavy (non-hydrogen) atoms. The maximum atomic E-state index is 6.05. The summed E-state index contributed by atoms with van der Waals surface area (Å²) in [4.78, 5) is 0. The van der Waals surface area contributed by atoms with Crippen LogP contribution in [0.1, 0.15) is 36.3 Å². The van der Waals surface area contributed by atoms with E-state index in [0.29, 0.717) is 0 Å². The third-order valence-corrected chi connectivity index (χ3v) is 2.60. The summed E-state index contributed by atoms with van der Waals surface area (Å²) in [5, 5.41) is -0.114. The molecule has 0 aromatic heterocycles. The van der Waals surface area contributed by atoms with Gasteiger partial charge >= 0.3 is 0 Å². The first-order valence-corrected chi connectivity index (χ1v) is 5.49. The van der Waals surface area contributed by atoms with Gasteiger partial charge < -0.3 is 0 Å². The van der Waals surface area contributed by atoms with Crippen LogP contribution >= 0.6 is 11.6 Å². The topological polar surface area (TPSA) is 0 Å². The summed E-state index contributed by atoms with van der Waals surface area (Å²) in [6, 6.07) is 9.46. The zero-order valence-electron chi connectivity index (χ0n) is 8.59. The maximum absolute atomic E-state index is 6.05. The summed E-state index contributed by atoms with van der Waals surface area (Å²) in [5.74, 6) is 0. The lowest BCUT2D eigenvalue weighted by atomic mass is 10.0. The van der Waals surface area contributed by atoms with Gasteiger partial charge in [-0.1, -0.05) is 37.6 Å². The molecule has 1 heteroatoms. The largest absolute Gasteiger partial charge is 0.113 e. The van der Waals surface area contributed by atoms with E-state index in [1.807, 2.05) is 12.1 Å². The van der Waals surface area contributed by atoms with E-state index in [1.165, 1.54) is 18.4 Å². The molecule has 0 heterocycles. The molecule has 1 atom stereocenters. The highest BCUT2D eigenvalue weighted by Gasteiger charge is 2.03. The van der Waals surface area contributed by atoms with Gasteiger partial charge in [0.25, 0.3) is 0 Å². The molecular formula is C13H16Cl. The SMILES string of the molecule is C=CC(Cl)c1[c]c(CCCC)ccc1. The molecule has 0 aliphatic carbocycles. The molecule has 0 bridgehead atoms. The second-order valence-electron chi connectivity index (χ2n) is 3.37. The second-order valence-corrected chi connectivity index (χ2v) is 3.84. The van der Waals surface area contributed by atoms with Crippen LogP contribution in [0.4, 0.5) is 0 Å². The van der Waals surface area contributed by atoms with Crippen LogP contribution in [0.5, 0.6) is 0 Å². The normalized spacial score (nSPS) is 12.4. The van der Waals surface area contributed by atoms with Crippen LogP contribution in [0, 0.1) is 6.07 Å². The average molecular weight is 208 g/mol. The minimum absolute atomic E-state index is 0.114. The molecule has 0 aliphatic heterocycles. The minimum atomic E-state index is -0.114. The lowest BCUT2D eigenvalue weighted by Crippen LogP contribution is -1.90. The van der Waals surface area contributed by atoms with Gasteiger partial charge in [0.1, 0.15) is 0 Å². The second kappa shape index (κ2) is 5.87. The van der Waals surface area contributed by atoms with Crippen molar-refractivity contribution >= 4 is 11.6 Å². The van der Waals surface area contributed by atoms with Crippen molar-refractivity contribution in [1.82, 2.24) is 0 Å². The van der Waals surface area contributed by atoms with Crippen molar-refractivity contribution in [1.29, 1.82) is 0 Å². The Morgan fingerprint density at radius 1 is 1.57 bits per heavy atom. The molecule has 1 aromatic rings. The molecule has 0 fully saturated rings. The van der Waals surface area contributed by atoms with Crippen molar-refractivity contribution < 1.29 is 0 Å². The van der Waals surface area contributed by atoms with Gasteiger partial charge in [0.15, 0.2) is 0 Å². The van der Waals surface area contributed by atoms with E-state index in [-0.39, 0.29) is 5.38 Å². The zero-order valence-corrected chi connectivity index (χ0v) is 9.35. The molecule has 0 saturated carbocycles. The first-order chi connectivity index (χ1) is 6.77. The first-order valence-electron chi connectivity index (χ1n) is 5.05. The van der Waals surface area contributed by atoms with Gasteiger partial charge in [0, 0.05) is 0 Å². The molecule has 1 radical (unpaired) electrons. The number of allylic oxidation sites excluding steroid dienone is 1. The Kier molecular flexibility index (Phi) is 4.75. The van der Waals surface area contributed by atoms with Crippen LogP contribution in [-0.4, -0.2) is 0 Å². The molecule has 0 N–H and O–H groups in total. The van der Waals surface area contributed by atoms with E-state index in [9.17, 15) is 0 Å². The predicted octanol–water partition coefficient (Wildman–Crippen LogP) is 4.30. The van der Waals surface area contributed by atoms with E-state index >= 15 is 0 Å². The highest BCUT2D eigenvalue weighted by Crippen LogP contribution is 2.21. The van der Waals surface area contributed by atoms with Gasteiger partial charge in [-0.2, -0.15) is 0 Å². The standard InChI is InChI=1S/C13H16Cl/c1-3-5-7-11-8-6-9-12(10-11)13(14)4-2/h4,6,8-9,13H,2-3,5,7H2,1H3. The molecule has 75 valence electrons. The van der Waals surface area contributed by atoms with Gasteiger partial charge in [-0.3, -0.25) is 0 Å². The van der Waals surface area contributed by atoms with E-state index in [0.717, 1.165) is 12.0 Å². The number of aryl methyl sites for hydroxylation is 1. The van der Waals surface area contributed by atoms with Crippen LogP contribution < -0.4 is 0 Å². The quantitative estimate of drug-likeness (QED) is 0.499. The Bertz CT molecular complexity index is 291. The van der Waals surface area contributed by atoms with Gasteiger partial charge in [0.2, 0.25) is 0 Å². The van der Waals surface area contributed by atoms with Gasteiger partial charge in [-0.25, -0.2) is 0 Å². The van der Waals surface area contributed by atoms with Crippen molar-refractivity contribution in [3.63, 3.8) is 0 Å². The minimum Gasteiger partial charge on any atom is -0.113 e. The van der Waals surface area contributed by atoms with E-state index in [1.54, 1.807) is 6.08 Å². The fourth-order valence-electron chi connectivity index (χ4n) is 1.34. The van der Waals surface area contributed by atoms with Gasteiger partial charge in [-0.05, 0) is 30.0 Å². The lowest BCUT2D eigenvalue weighted by molar-refractivity contribution is 0.793. The molecule has 0 amide bonds. The Morgan fingerprint density at radius 3 is 3.00 bits per heavy atom. The number of hydrogen-bond acceptors (Lipinski definition) is 0. The molecular weight excluding hydrogens is 192 g/mol. The van der Waals surface area contributed by atoms with Crippen LogP contribution in [0.25, 0.3) is 0 Å². The van der Waals surface area contributed by atoms with E-state index in [2.05, 4.69) is 25.6 Å². The molecule has 0 saturated heterocycles. The molecule has 0 nitrogen and oxygen atoms in total. The van der Waals surface area contributed by atoms with Gasteiger partial charge in [0.05, 0.1) is 5.38 Å². The Labute approximate surface area is 91.6 Å². The number of benzene rings is 1. The first kappa shape index (κ1) is 11.3. The van der Waals surface area contributed by atoms with Crippen molar-refractivity contribution in [3.8, 4) is 0 Å². The predicted molar refractivity (Wildman–Crippen MR) is 62.7 cm³/mol. The zero-order chi connectivity index (χ0) is 10.4. The van der Waals surface area contributed by atoms with Crippen molar-refractivity contribution in [2.24, 2.45) is 0 Å². The van der Waals surface area contributed by atoms with Crippen LogP contribution in [-0.2, 0) is 6.42 Å². The molecule has 1 unspecified atom stereocenters. The fourth-order valence-corrected chi connectivity index (χ4v) is 1.46. The Morgan fingerprint density at radius 2 is 2.36 bits per heavy atom. The van der Waals surface area contributed by atoms with Crippen LogP contribution in [0.2, 0.25) is 0 Å². The molecule has 1 aromatic carbocycles. The number of unbranched alkanes of at least 4 members (excludes halogenated alkanes) is 1. The monoisotopic (exact) mass is 207 g/mol. The summed E-state index contributed by atoms with van der Waals surface area (Å²) in [6.45, 7) is 5.87. The molecule has 0 aliphatic rings. The third kappa shape index (κ3) is 3.19. The summed E-state index contributed by atoms with van der Waals surface area (Å²) >= 11 is 6.05. The maximum Gasteiger partial charge on any atom is 0.0769 e. The molecule has 1 rings (SSSR count). The summed E-state index contributed by atoms with van der Waals surface area (Å²) in [7, 11) is 0. The Hall–Kier alpha value is -0.750. The number of hydrogen-bond donors (Lipinski definition) is 0. The lowest BCUT2D eigenvalue weighted by Gasteiger charge is -2.06. The number of halogens is 1. The fraction of sp³-hybridized carbons (Fsp3) is 0.385. The summed E-state index contributed by atoms with van der Waals surface area (Å²) in [6.07, 6.45) is 5.24.